The van der Waals surface area contributed by atoms with Gasteiger partial charge in [-0.15, -0.1) is 0 Å². The van der Waals surface area contributed by atoms with Gasteiger partial charge in [-0.2, -0.15) is 0 Å². The highest BCUT2D eigenvalue weighted by Gasteiger charge is 2.22. The second kappa shape index (κ2) is 26.2. The van der Waals surface area contributed by atoms with Crippen LogP contribution in [0.1, 0.15) is 162 Å². The molecule has 1 rings (SSSR count). The molecule has 6 heteroatoms. The van der Waals surface area contributed by atoms with Crippen molar-refractivity contribution >= 4 is 23.6 Å². The van der Waals surface area contributed by atoms with E-state index in [1.54, 1.807) is 9.80 Å². The first-order valence-electron chi connectivity index (χ1n) is 18.0. The van der Waals surface area contributed by atoms with Gasteiger partial charge in [0.1, 0.15) is 0 Å². The minimum Gasteiger partial charge on any atom is -0.449 e. The minimum absolute atomic E-state index is 0.323. The van der Waals surface area contributed by atoms with E-state index >= 15 is 0 Å². The van der Waals surface area contributed by atoms with Crippen LogP contribution in [0.3, 0.4) is 0 Å². The molecule has 0 aromatic heterocycles. The van der Waals surface area contributed by atoms with Crippen LogP contribution in [0.25, 0.3) is 0 Å². The number of carbonyl (C=O) groups is 2. The molecule has 0 bridgehead atoms. The molecule has 1 aromatic rings. The Kier molecular flexibility index (Phi) is 23.6. The topological polar surface area (TPSA) is 59.1 Å². The van der Waals surface area contributed by atoms with Crippen molar-refractivity contribution in [2.45, 2.75) is 163 Å². The van der Waals surface area contributed by atoms with Crippen molar-refractivity contribution in [3.8, 4) is 0 Å². The van der Waals surface area contributed by atoms with Crippen LogP contribution in [0, 0.1) is 6.92 Å². The summed E-state index contributed by atoms with van der Waals surface area (Å²) in [5.74, 6) is 0. The highest BCUT2D eigenvalue weighted by atomic mass is 16.6. The van der Waals surface area contributed by atoms with E-state index < -0.39 is 0 Å². The van der Waals surface area contributed by atoms with Gasteiger partial charge < -0.3 is 9.47 Å². The largest absolute Gasteiger partial charge is 0.449 e. The van der Waals surface area contributed by atoms with Crippen LogP contribution in [-0.4, -0.2) is 38.5 Å². The molecule has 0 saturated carbocycles. The van der Waals surface area contributed by atoms with Gasteiger partial charge in [0.15, 0.2) is 0 Å². The summed E-state index contributed by atoms with van der Waals surface area (Å²) in [4.78, 5) is 29.6. The average Bonchev–Trinajstić information content (AvgIpc) is 3.00. The standard InChI is InChI=1S/C37H66N2O4/c1-6-10-12-14-16-18-20-22-24-26-30-38(36(40)42-8-3)34-29-28-33(5)35(32-34)39(37(41)43-9-4)31-27-25-23-21-19-17-15-13-11-7-2/h28-29,32H,6-27,30-31H2,1-5H3. The van der Waals surface area contributed by atoms with E-state index in [0.29, 0.717) is 26.3 Å². The number of anilines is 2. The third kappa shape index (κ3) is 17.6. The van der Waals surface area contributed by atoms with Crippen LogP contribution in [-0.2, 0) is 9.47 Å². The van der Waals surface area contributed by atoms with Gasteiger partial charge in [0, 0.05) is 18.8 Å². The number of ether oxygens (including phenoxy) is 2. The van der Waals surface area contributed by atoms with Crippen molar-refractivity contribution in [2.75, 3.05) is 36.1 Å². The molecule has 1 aromatic carbocycles. The molecule has 0 unspecified atom stereocenters. The fourth-order valence-corrected chi connectivity index (χ4v) is 5.61. The lowest BCUT2D eigenvalue weighted by Crippen LogP contribution is -2.35. The zero-order valence-electron chi connectivity index (χ0n) is 28.7. The molecule has 0 aliphatic rings. The monoisotopic (exact) mass is 603 g/mol. The Labute approximate surface area is 265 Å². The fraction of sp³-hybridized carbons (Fsp3) is 0.784. The van der Waals surface area contributed by atoms with Crippen molar-refractivity contribution in [2.24, 2.45) is 0 Å². The second-order valence-electron chi connectivity index (χ2n) is 12.0. The SMILES string of the molecule is CCCCCCCCCCCCN(C(=O)OCC)c1ccc(C)c(N(CCCCCCCCCCCC)C(=O)OCC)c1. The molecule has 0 atom stereocenters. The number of nitrogens with zero attached hydrogens (tertiary/aromatic N) is 2. The minimum atomic E-state index is -0.328. The van der Waals surface area contributed by atoms with Crippen LogP contribution in [0.15, 0.2) is 18.2 Å². The third-order valence-electron chi connectivity index (χ3n) is 8.24. The molecular weight excluding hydrogens is 536 g/mol. The maximum Gasteiger partial charge on any atom is 0.414 e. The Morgan fingerprint density at radius 1 is 0.535 bits per heavy atom. The lowest BCUT2D eigenvalue weighted by molar-refractivity contribution is 0.159. The number of hydrogen-bond acceptors (Lipinski definition) is 4. The summed E-state index contributed by atoms with van der Waals surface area (Å²) in [6.45, 7) is 12.1. The van der Waals surface area contributed by atoms with Crippen molar-refractivity contribution < 1.29 is 19.1 Å². The van der Waals surface area contributed by atoms with Crippen LogP contribution in [0.5, 0.6) is 0 Å². The van der Waals surface area contributed by atoms with Gasteiger partial charge in [-0.05, 0) is 51.3 Å². The highest BCUT2D eigenvalue weighted by molar-refractivity contribution is 5.92. The molecule has 43 heavy (non-hydrogen) atoms. The molecule has 0 fully saturated rings. The van der Waals surface area contributed by atoms with Gasteiger partial charge in [0.05, 0.1) is 18.9 Å². The molecule has 0 heterocycles. The molecule has 248 valence electrons. The molecule has 6 nitrogen and oxygen atoms in total. The van der Waals surface area contributed by atoms with Crippen molar-refractivity contribution in [1.29, 1.82) is 0 Å². The summed E-state index contributed by atoms with van der Waals surface area (Å²) in [6, 6.07) is 5.94. The zero-order chi connectivity index (χ0) is 31.5. The first-order valence-corrected chi connectivity index (χ1v) is 18.0. The normalized spacial score (nSPS) is 11.0. The highest BCUT2D eigenvalue weighted by Crippen LogP contribution is 2.29. The number of amides is 2. The van der Waals surface area contributed by atoms with Gasteiger partial charge in [0.2, 0.25) is 0 Å². The summed E-state index contributed by atoms with van der Waals surface area (Å²) in [7, 11) is 0. The maximum atomic E-state index is 13.1. The van der Waals surface area contributed by atoms with E-state index in [1.807, 2.05) is 39.0 Å². The van der Waals surface area contributed by atoms with Crippen LogP contribution >= 0.6 is 0 Å². The van der Waals surface area contributed by atoms with E-state index in [1.165, 1.54) is 103 Å². The van der Waals surface area contributed by atoms with Gasteiger partial charge in [-0.3, -0.25) is 9.80 Å². The summed E-state index contributed by atoms with van der Waals surface area (Å²) in [6.07, 6.45) is 24.3. The lowest BCUT2D eigenvalue weighted by Gasteiger charge is -2.27. The molecule has 0 saturated heterocycles. The summed E-state index contributed by atoms with van der Waals surface area (Å²) < 4.78 is 10.9. The van der Waals surface area contributed by atoms with E-state index in [0.717, 1.165) is 42.6 Å². The third-order valence-corrected chi connectivity index (χ3v) is 8.24. The van der Waals surface area contributed by atoms with E-state index in [-0.39, 0.29) is 12.2 Å². The van der Waals surface area contributed by atoms with Crippen LogP contribution in [0.2, 0.25) is 0 Å². The molecular formula is C37H66N2O4. The quantitative estimate of drug-likeness (QED) is 0.0990. The lowest BCUT2D eigenvalue weighted by atomic mass is 10.1. The summed E-state index contributed by atoms with van der Waals surface area (Å²) >= 11 is 0. The number of carbonyl (C=O) groups excluding carboxylic acids is 2. The summed E-state index contributed by atoms with van der Waals surface area (Å²) in [5.41, 5.74) is 2.57. The number of benzene rings is 1. The van der Waals surface area contributed by atoms with Crippen molar-refractivity contribution in [1.82, 2.24) is 0 Å². The Bertz CT molecular complexity index is 844. The molecule has 0 aliphatic heterocycles. The van der Waals surface area contributed by atoms with Gasteiger partial charge in [0.25, 0.3) is 0 Å². The molecule has 0 spiro atoms. The fourth-order valence-electron chi connectivity index (χ4n) is 5.61. The first kappa shape index (κ1) is 38.8. The zero-order valence-corrected chi connectivity index (χ0v) is 28.7. The average molecular weight is 603 g/mol. The number of aryl methyl sites for hydroxylation is 1. The number of rotatable bonds is 26. The molecule has 0 radical (unpaired) electrons. The van der Waals surface area contributed by atoms with E-state index in [2.05, 4.69) is 13.8 Å². The predicted molar refractivity (Wildman–Crippen MR) is 184 cm³/mol. The first-order chi connectivity index (χ1) is 21.0. The molecule has 0 N–H and O–H groups in total. The molecule has 0 aliphatic carbocycles. The van der Waals surface area contributed by atoms with Gasteiger partial charge >= 0.3 is 12.2 Å². The second-order valence-corrected chi connectivity index (χ2v) is 12.0. The Morgan fingerprint density at radius 3 is 1.33 bits per heavy atom. The van der Waals surface area contributed by atoms with Crippen LogP contribution < -0.4 is 9.80 Å². The maximum absolute atomic E-state index is 13.1. The Hall–Kier alpha value is -2.24. The molecule has 2 amide bonds. The van der Waals surface area contributed by atoms with Gasteiger partial charge in [-0.25, -0.2) is 9.59 Å². The van der Waals surface area contributed by atoms with Gasteiger partial charge in [-0.1, -0.05) is 135 Å². The Morgan fingerprint density at radius 2 is 0.907 bits per heavy atom. The van der Waals surface area contributed by atoms with Crippen molar-refractivity contribution in [3.05, 3.63) is 23.8 Å². The van der Waals surface area contributed by atoms with E-state index in [9.17, 15) is 9.59 Å². The number of hydrogen-bond donors (Lipinski definition) is 0. The number of unbranched alkanes of at least 4 members (excludes halogenated alkanes) is 18. The Balaban J connectivity index is 2.77. The van der Waals surface area contributed by atoms with E-state index in [4.69, 9.17) is 9.47 Å². The smallest absolute Gasteiger partial charge is 0.414 e. The van der Waals surface area contributed by atoms with Crippen molar-refractivity contribution in [3.63, 3.8) is 0 Å². The predicted octanol–water partition coefficient (Wildman–Crippen LogP) is 11.8. The van der Waals surface area contributed by atoms with Crippen LogP contribution in [0.4, 0.5) is 21.0 Å². The summed E-state index contributed by atoms with van der Waals surface area (Å²) in [5, 5.41) is 0.